The Hall–Kier alpha value is -1.08. The largest absolute Gasteiger partial charge is 0.341 e. The number of likely N-dealkylation sites (N-methyl/N-ethyl adjacent to an activating group) is 1. The van der Waals surface area contributed by atoms with Gasteiger partial charge in [-0.15, -0.1) is 0 Å². The van der Waals surface area contributed by atoms with Crippen molar-refractivity contribution in [2.45, 2.75) is 39.2 Å². The van der Waals surface area contributed by atoms with Gasteiger partial charge in [-0.2, -0.15) is 5.26 Å². The van der Waals surface area contributed by atoms with Crippen LogP contribution in [0.4, 0.5) is 0 Å². The van der Waals surface area contributed by atoms with Gasteiger partial charge in [0, 0.05) is 13.1 Å². The molecule has 0 saturated carbocycles. The van der Waals surface area contributed by atoms with Crippen molar-refractivity contribution in [2.24, 2.45) is 5.92 Å². The minimum Gasteiger partial charge on any atom is -0.341 e. The SMILES string of the molecule is CCN(CCC#N)C(=O)C1CC(C)CCN1. The molecule has 0 radical (unpaired) electrons. The Morgan fingerprint density at radius 3 is 2.94 bits per heavy atom. The number of carbonyl (C=O) groups is 1. The van der Waals surface area contributed by atoms with E-state index in [9.17, 15) is 4.79 Å². The molecule has 1 amide bonds. The van der Waals surface area contributed by atoms with E-state index in [2.05, 4.69) is 18.3 Å². The summed E-state index contributed by atoms with van der Waals surface area (Å²) in [6.45, 7) is 6.31. The third-order valence-corrected chi connectivity index (χ3v) is 3.15. The summed E-state index contributed by atoms with van der Waals surface area (Å²) in [5.74, 6) is 0.772. The number of hydrogen-bond donors (Lipinski definition) is 1. The summed E-state index contributed by atoms with van der Waals surface area (Å²) in [7, 11) is 0. The molecule has 4 heteroatoms. The fourth-order valence-corrected chi connectivity index (χ4v) is 2.13. The highest BCUT2D eigenvalue weighted by atomic mass is 16.2. The molecule has 0 aliphatic carbocycles. The van der Waals surface area contributed by atoms with Gasteiger partial charge >= 0.3 is 0 Å². The minimum absolute atomic E-state index is 0.0395. The van der Waals surface area contributed by atoms with E-state index in [-0.39, 0.29) is 11.9 Å². The Bertz CT molecular complexity index is 272. The van der Waals surface area contributed by atoms with Crippen molar-refractivity contribution in [3.63, 3.8) is 0 Å². The number of nitrogens with zero attached hydrogens (tertiary/aromatic N) is 2. The minimum atomic E-state index is -0.0395. The zero-order chi connectivity index (χ0) is 12.0. The van der Waals surface area contributed by atoms with E-state index in [0.717, 1.165) is 19.4 Å². The molecule has 2 atom stereocenters. The van der Waals surface area contributed by atoms with Crippen LogP contribution < -0.4 is 5.32 Å². The summed E-state index contributed by atoms with van der Waals surface area (Å²) in [4.78, 5) is 13.9. The Kier molecular flexibility index (Phi) is 5.27. The van der Waals surface area contributed by atoms with Crippen molar-refractivity contribution in [3.05, 3.63) is 0 Å². The van der Waals surface area contributed by atoms with Crippen molar-refractivity contribution in [1.29, 1.82) is 5.26 Å². The number of nitrogens with one attached hydrogen (secondary N) is 1. The molecule has 90 valence electrons. The molecule has 0 aromatic carbocycles. The topological polar surface area (TPSA) is 56.1 Å². The van der Waals surface area contributed by atoms with Gasteiger partial charge in [0.1, 0.15) is 0 Å². The van der Waals surface area contributed by atoms with Crippen LogP contribution in [0.25, 0.3) is 0 Å². The number of rotatable bonds is 4. The predicted octanol–water partition coefficient (Wildman–Crippen LogP) is 1.14. The molecule has 1 aliphatic heterocycles. The van der Waals surface area contributed by atoms with Gasteiger partial charge in [0.25, 0.3) is 0 Å². The molecule has 1 rings (SSSR count). The van der Waals surface area contributed by atoms with Gasteiger partial charge in [0.15, 0.2) is 0 Å². The lowest BCUT2D eigenvalue weighted by Gasteiger charge is -2.31. The fraction of sp³-hybridized carbons (Fsp3) is 0.833. The van der Waals surface area contributed by atoms with Gasteiger partial charge in [-0.1, -0.05) is 6.92 Å². The van der Waals surface area contributed by atoms with Crippen LogP contribution in [0.3, 0.4) is 0 Å². The third-order valence-electron chi connectivity index (χ3n) is 3.15. The molecule has 1 aliphatic rings. The van der Waals surface area contributed by atoms with Crippen molar-refractivity contribution < 1.29 is 4.79 Å². The van der Waals surface area contributed by atoms with Crippen molar-refractivity contribution in [2.75, 3.05) is 19.6 Å². The number of carbonyl (C=O) groups excluding carboxylic acids is 1. The maximum Gasteiger partial charge on any atom is 0.239 e. The van der Waals surface area contributed by atoms with Crippen LogP contribution in [-0.2, 0) is 4.79 Å². The second kappa shape index (κ2) is 6.49. The fourth-order valence-electron chi connectivity index (χ4n) is 2.13. The molecule has 0 aromatic rings. The monoisotopic (exact) mass is 223 g/mol. The number of hydrogen-bond acceptors (Lipinski definition) is 3. The van der Waals surface area contributed by atoms with Gasteiger partial charge in [0.2, 0.25) is 5.91 Å². The zero-order valence-corrected chi connectivity index (χ0v) is 10.2. The summed E-state index contributed by atoms with van der Waals surface area (Å²) < 4.78 is 0. The first-order valence-electron chi connectivity index (χ1n) is 6.08. The van der Waals surface area contributed by atoms with E-state index < -0.39 is 0 Å². The van der Waals surface area contributed by atoms with Gasteiger partial charge in [-0.05, 0) is 32.2 Å². The van der Waals surface area contributed by atoms with Crippen LogP contribution in [0.2, 0.25) is 0 Å². The molecule has 16 heavy (non-hydrogen) atoms. The van der Waals surface area contributed by atoms with Gasteiger partial charge in [-0.3, -0.25) is 4.79 Å². The second-order valence-electron chi connectivity index (χ2n) is 4.46. The Morgan fingerprint density at radius 1 is 1.62 bits per heavy atom. The highest BCUT2D eigenvalue weighted by molar-refractivity contribution is 5.82. The van der Waals surface area contributed by atoms with E-state index in [1.807, 2.05) is 6.92 Å². The Labute approximate surface area is 97.6 Å². The Balaban J connectivity index is 2.50. The van der Waals surface area contributed by atoms with Crippen LogP contribution in [0, 0.1) is 17.2 Å². The van der Waals surface area contributed by atoms with E-state index in [1.165, 1.54) is 0 Å². The lowest BCUT2D eigenvalue weighted by Crippen LogP contribution is -2.50. The second-order valence-corrected chi connectivity index (χ2v) is 4.46. The van der Waals surface area contributed by atoms with Gasteiger partial charge < -0.3 is 10.2 Å². The summed E-state index contributed by atoms with van der Waals surface area (Å²) in [6.07, 6.45) is 2.48. The summed E-state index contributed by atoms with van der Waals surface area (Å²) in [5, 5.41) is 11.8. The van der Waals surface area contributed by atoms with E-state index in [0.29, 0.717) is 25.4 Å². The van der Waals surface area contributed by atoms with Gasteiger partial charge in [-0.25, -0.2) is 0 Å². The first kappa shape index (κ1) is 13.0. The van der Waals surface area contributed by atoms with Gasteiger partial charge in [0.05, 0.1) is 18.5 Å². The van der Waals surface area contributed by atoms with Crippen molar-refractivity contribution in [3.8, 4) is 6.07 Å². The summed E-state index contributed by atoms with van der Waals surface area (Å²) >= 11 is 0. The summed E-state index contributed by atoms with van der Waals surface area (Å²) in [6, 6.07) is 2.05. The molecular weight excluding hydrogens is 202 g/mol. The quantitative estimate of drug-likeness (QED) is 0.777. The Morgan fingerprint density at radius 2 is 2.38 bits per heavy atom. The molecular formula is C12H21N3O. The number of amides is 1. The molecule has 1 heterocycles. The van der Waals surface area contributed by atoms with Crippen LogP contribution in [-0.4, -0.2) is 36.5 Å². The highest BCUT2D eigenvalue weighted by Gasteiger charge is 2.27. The number of piperidine rings is 1. The average molecular weight is 223 g/mol. The van der Waals surface area contributed by atoms with Crippen LogP contribution in [0.5, 0.6) is 0 Å². The maximum absolute atomic E-state index is 12.1. The summed E-state index contributed by atoms with van der Waals surface area (Å²) in [5.41, 5.74) is 0. The molecule has 1 saturated heterocycles. The first-order chi connectivity index (χ1) is 7.69. The zero-order valence-electron chi connectivity index (χ0n) is 10.2. The maximum atomic E-state index is 12.1. The highest BCUT2D eigenvalue weighted by Crippen LogP contribution is 2.16. The lowest BCUT2D eigenvalue weighted by molar-refractivity contribution is -0.134. The van der Waals surface area contributed by atoms with Crippen LogP contribution in [0.15, 0.2) is 0 Å². The molecule has 1 fully saturated rings. The smallest absolute Gasteiger partial charge is 0.239 e. The molecule has 4 nitrogen and oxygen atoms in total. The standard InChI is InChI=1S/C12H21N3O/c1-3-15(8-4-6-13)12(16)11-9-10(2)5-7-14-11/h10-11,14H,3-5,7-9H2,1-2H3. The van der Waals surface area contributed by atoms with E-state index >= 15 is 0 Å². The molecule has 2 unspecified atom stereocenters. The van der Waals surface area contributed by atoms with Crippen LogP contribution in [0.1, 0.15) is 33.1 Å². The van der Waals surface area contributed by atoms with E-state index in [1.54, 1.807) is 4.90 Å². The molecule has 0 bridgehead atoms. The van der Waals surface area contributed by atoms with Crippen molar-refractivity contribution >= 4 is 5.91 Å². The normalized spacial score (nSPS) is 24.8. The van der Waals surface area contributed by atoms with Crippen LogP contribution >= 0.6 is 0 Å². The lowest BCUT2D eigenvalue weighted by atomic mass is 9.93. The van der Waals surface area contributed by atoms with Crippen molar-refractivity contribution in [1.82, 2.24) is 10.2 Å². The molecule has 1 N–H and O–H groups in total. The predicted molar refractivity (Wildman–Crippen MR) is 62.7 cm³/mol. The average Bonchev–Trinajstić information content (AvgIpc) is 2.29. The third kappa shape index (κ3) is 3.49. The molecule has 0 aromatic heterocycles. The van der Waals surface area contributed by atoms with E-state index in [4.69, 9.17) is 5.26 Å². The number of nitriles is 1. The molecule has 0 spiro atoms. The first-order valence-corrected chi connectivity index (χ1v) is 6.08.